The van der Waals surface area contributed by atoms with Gasteiger partial charge in [-0.15, -0.1) is 0 Å². The molecule has 6 heteroatoms. The molecule has 94 valence electrons. The summed E-state index contributed by atoms with van der Waals surface area (Å²) in [5.41, 5.74) is 6.48. The maximum Gasteiger partial charge on any atom is 0.240 e. The number of nitrogens with one attached hydrogen (secondary N) is 1. The smallest absolute Gasteiger partial charge is 0.240 e. The van der Waals surface area contributed by atoms with Crippen molar-refractivity contribution in [3.63, 3.8) is 0 Å². The second-order valence-corrected chi connectivity index (χ2v) is 5.62. The maximum atomic E-state index is 11.9. The van der Waals surface area contributed by atoms with Crippen LogP contribution in [0.4, 0.5) is 0 Å². The molecule has 5 nitrogen and oxygen atoms in total. The van der Waals surface area contributed by atoms with Gasteiger partial charge in [-0.05, 0) is 31.0 Å². The number of rotatable bonds is 5. The lowest BCUT2D eigenvalue weighted by Crippen LogP contribution is -2.28. The molecule has 1 rings (SSSR count). The van der Waals surface area contributed by atoms with E-state index in [1.54, 1.807) is 19.1 Å². The fourth-order valence-corrected chi connectivity index (χ4v) is 2.74. The zero-order valence-corrected chi connectivity index (χ0v) is 10.7. The van der Waals surface area contributed by atoms with Crippen molar-refractivity contribution in [3.8, 4) is 0 Å². The zero-order valence-electron chi connectivity index (χ0n) is 9.86. The van der Waals surface area contributed by atoms with Gasteiger partial charge >= 0.3 is 0 Å². The molecule has 0 aliphatic rings. The van der Waals surface area contributed by atoms with Gasteiger partial charge < -0.3 is 5.73 Å². The number of hydrogen-bond donors (Lipinski definition) is 2. The molecule has 1 amide bonds. The first-order valence-electron chi connectivity index (χ1n) is 5.18. The molecule has 0 atom stereocenters. The van der Waals surface area contributed by atoms with Crippen molar-refractivity contribution in [2.45, 2.75) is 25.2 Å². The van der Waals surface area contributed by atoms with Crippen LogP contribution in [-0.2, 0) is 14.8 Å². The highest BCUT2D eigenvalue weighted by Gasteiger charge is 2.16. The summed E-state index contributed by atoms with van der Waals surface area (Å²) in [4.78, 5) is 10.8. The van der Waals surface area contributed by atoms with Crippen LogP contribution in [0.2, 0.25) is 0 Å². The number of nitrogens with two attached hydrogens (primary N) is 1. The molecular formula is C11H16N2O3S. The lowest BCUT2D eigenvalue weighted by Gasteiger charge is -2.09. The number of hydrogen-bond acceptors (Lipinski definition) is 3. The molecule has 0 aliphatic heterocycles. The molecule has 0 fully saturated rings. The van der Waals surface area contributed by atoms with Gasteiger partial charge in [0.05, 0.1) is 4.90 Å². The van der Waals surface area contributed by atoms with Gasteiger partial charge in [-0.1, -0.05) is 12.1 Å². The van der Waals surface area contributed by atoms with Gasteiger partial charge in [0.15, 0.2) is 0 Å². The van der Waals surface area contributed by atoms with E-state index in [2.05, 4.69) is 4.72 Å². The van der Waals surface area contributed by atoms with E-state index < -0.39 is 15.9 Å². The lowest BCUT2D eigenvalue weighted by molar-refractivity contribution is -0.117. The van der Waals surface area contributed by atoms with Crippen LogP contribution in [0, 0.1) is 13.8 Å². The number of primary amides is 1. The van der Waals surface area contributed by atoms with E-state index in [0.717, 1.165) is 5.56 Å². The Kier molecular flexibility index (Phi) is 4.25. The maximum absolute atomic E-state index is 11.9. The summed E-state index contributed by atoms with van der Waals surface area (Å²) in [6, 6.07) is 5.19. The van der Waals surface area contributed by atoms with E-state index in [1.807, 2.05) is 13.0 Å². The average molecular weight is 256 g/mol. The highest BCUT2D eigenvalue weighted by Crippen LogP contribution is 2.16. The second kappa shape index (κ2) is 5.29. The van der Waals surface area contributed by atoms with Crippen LogP contribution in [0.15, 0.2) is 23.1 Å². The summed E-state index contributed by atoms with van der Waals surface area (Å²) in [6.07, 6.45) is -0.00983. The number of sulfonamides is 1. The van der Waals surface area contributed by atoms with E-state index in [4.69, 9.17) is 5.73 Å². The predicted octanol–water partition coefficient (Wildman–Crippen LogP) is 0.457. The van der Waals surface area contributed by atoms with Crippen molar-refractivity contribution >= 4 is 15.9 Å². The van der Waals surface area contributed by atoms with Gasteiger partial charge in [0.2, 0.25) is 15.9 Å². The Balaban J connectivity index is 2.89. The summed E-state index contributed by atoms with van der Waals surface area (Å²) in [7, 11) is -3.57. The van der Waals surface area contributed by atoms with Crippen molar-refractivity contribution in [3.05, 3.63) is 29.3 Å². The van der Waals surface area contributed by atoms with Crippen molar-refractivity contribution in [1.82, 2.24) is 4.72 Å². The number of benzene rings is 1. The molecule has 1 aromatic carbocycles. The van der Waals surface area contributed by atoms with Crippen LogP contribution in [-0.4, -0.2) is 20.9 Å². The quantitative estimate of drug-likeness (QED) is 0.802. The van der Waals surface area contributed by atoms with Crippen molar-refractivity contribution < 1.29 is 13.2 Å². The van der Waals surface area contributed by atoms with Crippen LogP contribution in [0.1, 0.15) is 17.5 Å². The molecule has 0 spiro atoms. The first-order valence-corrected chi connectivity index (χ1v) is 6.66. The van der Waals surface area contributed by atoms with Crippen LogP contribution < -0.4 is 10.5 Å². The highest BCUT2D eigenvalue weighted by atomic mass is 32.2. The van der Waals surface area contributed by atoms with E-state index in [9.17, 15) is 13.2 Å². The SMILES string of the molecule is Cc1ccc(C)c(S(=O)(=O)NCCC(N)=O)c1. The molecular weight excluding hydrogens is 240 g/mol. The van der Waals surface area contributed by atoms with E-state index in [1.165, 1.54) is 0 Å². The Morgan fingerprint density at radius 1 is 1.35 bits per heavy atom. The largest absolute Gasteiger partial charge is 0.370 e. The highest BCUT2D eigenvalue weighted by molar-refractivity contribution is 7.89. The number of aryl methyl sites for hydroxylation is 2. The topological polar surface area (TPSA) is 89.3 Å². The van der Waals surface area contributed by atoms with Crippen molar-refractivity contribution in [2.24, 2.45) is 5.73 Å². The molecule has 0 bridgehead atoms. The van der Waals surface area contributed by atoms with Crippen molar-refractivity contribution in [1.29, 1.82) is 0 Å². The first-order chi connectivity index (χ1) is 7.83. The Bertz CT molecular complexity index is 524. The number of carbonyl (C=O) groups is 1. The van der Waals surface area contributed by atoms with E-state index in [0.29, 0.717) is 5.56 Å². The molecule has 0 aliphatic carbocycles. The Morgan fingerprint density at radius 3 is 2.59 bits per heavy atom. The average Bonchev–Trinajstić information content (AvgIpc) is 2.20. The third kappa shape index (κ3) is 3.83. The predicted molar refractivity (Wildman–Crippen MR) is 64.9 cm³/mol. The molecule has 0 saturated heterocycles. The molecule has 0 aromatic heterocycles. The molecule has 17 heavy (non-hydrogen) atoms. The third-order valence-electron chi connectivity index (χ3n) is 2.30. The third-order valence-corrected chi connectivity index (χ3v) is 3.90. The van der Waals surface area contributed by atoms with Crippen molar-refractivity contribution in [2.75, 3.05) is 6.54 Å². The van der Waals surface area contributed by atoms with Crippen LogP contribution in [0.3, 0.4) is 0 Å². The number of carbonyl (C=O) groups excluding carboxylic acids is 1. The van der Waals surface area contributed by atoms with Gasteiger partial charge in [0.1, 0.15) is 0 Å². The van der Waals surface area contributed by atoms with Gasteiger partial charge in [-0.2, -0.15) is 0 Å². The van der Waals surface area contributed by atoms with E-state index >= 15 is 0 Å². The van der Waals surface area contributed by atoms with Gasteiger partial charge in [0, 0.05) is 13.0 Å². The van der Waals surface area contributed by atoms with Crippen LogP contribution in [0.25, 0.3) is 0 Å². The molecule has 0 unspecified atom stereocenters. The minimum atomic E-state index is -3.57. The van der Waals surface area contributed by atoms with Gasteiger partial charge in [0.25, 0.3) is 0 Å². The fourth-order valence-electron chi connectivity index (χ4n) is 1.38. The minimum Gasteiger partial charge on any atom is -0.370 e. The monoisotopic (exact) mass is 256 g/mol. The van der Waals surface area contributed by atoms with Gasteiger partial charge in [-0.25, -0.2) is 13.1 Å². The van der Waals surface area contributed by atoms with Gasteiger partial charge in [-0.3, -0.25) is 4.79 Å². The Labute approximate surface area is 101 Å². The normalized spacial score (nSPS) is 11.4. The second-order valence-electron chi connectivity index (χ2n) is 3.88. The van der Waals surface area contributed by atoms with Crippen LogP contribution >= 0.6 is 0 Å². The molecule has 3 N–H and O–H groups in total. The Hall–Kier alpha value is -1.40. The fraction of sp³-hybridized carbons (Fsp3) is 0.364. The number of amides is 1. The summed E-state index contributed by atoms with van der Waals surface area (Å²) in [5, 5.41) is 0. The first kappa shape index (κ1) is 13.7. The van der Waals surface area contributed by atoms with E-state index in [-0.39, 0.29) is 17.9 Å². The standard InChI is InChI=1S/C11H16N2O3S/c1-8-3-4-9(2)10(7-8)17(15,16)13-6-5-11(12)14/h3-4,7,13H,5-6H2,1-2H3,(H2,12,14). The lowest BCUT2D eigenvalue weighted by atomic mass is 10.2. The Morgan fingerprint density at radius 2 is 2.00 bits per heavy atom. The molecule has 0 radical (unpaired) electrons. The minimum absolute atomic E-state index is 0.00983. The zero-order chi connectivity index (χ0) is 13.1. The molecule has 0 heterocycles. The summed E-state index contributed by atoms with van der Waals surface area (Å²) in [5.74, 6) is -0.534. The molecule has 0 saturated carbocycles. The van der Waals surface area contributed by atoms with Crippen LogP contribution in [0.5, 0.6) is 0 Å². The molecule has 1 aromatic rings. The summed E-state index contributed by atoms with van der Waals surface area (Å²) >= 11 is 0. The summed E-state index contributed by atoms with van der Waals surface area (Å²) in [6.45, 7) is 3.56. The summed E-state index contributed by atoms with van der Waals surface area (Å²) < 4.78 is 26.2.